The quantitative estimate of drug-likeness (QED) is 0.502. The van der Waals surface area contributed by atoms with Crippen LogP contribution in [-0.2, 0) is 4.74 Å². The van der Waals surface area contributed by atoms with Gasteiger partial charge in [0.2, 0.25) is 12.6 Å². The van der Waals surface area contributed by atoms with E-state index in [-0.39, 0.29) is 23.5 Å². The number of ether oxygens (including phenoxy) is 3. The normalized spacial score (nSPS) is 12.2. The number of hydrogen-bond acceptors (Lipinski definition) is 7. The lowest BCUT2D eigenvalue weighted by molar-refractivity contribution is 0.0444. The highest BCUT2D eigenvalue weighted by molar-refractivity contribution is 6.31. The Morgan fingerprint density at radius 2 is 1.85 bits per heavy atom. The largest absolute Gasteiger partial charge is 0.454 e. The maximum Gasteiger partial charge on any atom is 0.374 e. The summed E-state index contributed by atoms with van der Waals surface area (Å²) < 4.78 is 20.7. The van der Waals surface area contributed by atoms with Crippen LogP contribution in [0.4, 0.5) is 0 Å². The fraction of sp³-hybridized carbons (Fsp3) is 0.105. The Kier molecular flexibility index (Phi) is 4.29. The number of hydrogen-bond donors (Lipinski definition) is 0. The average Bonchev–Trinajstić information content (AvgIpc) is 3.14. The van der Waals surface area contributed by atoms with E-state index in [0.717, 1.165) is 6.07 Å². The van der Waals surface area contributed by atoms with E-state index in [4.69, 9.17) is 30.2 Å². The topological polar surface area (TPSA) is 92.0 Å². The van der Waals surface area contributed by atoms with Crippen LogP contribution in [0.1, 0.15) is 20.9 Å². The van der Waals surface area contributed by atoms with Crippen molar-refractivity contribution in [2.45, 2.75) is 0 Å². The van der Waals surface area contributed by atoms with Gasteiger partial charge in [0, 0.05) is 16.7 Å². The van der Waals surface area contributed by atoms with Crippen molar-refractivity contribution in [3.63, 3.8) is 0 Å². The predicted octanol–water partition coefficient (Wildman–Crippen LogP) is 3.21. The number of carbonyl (C=O) groups is 2. The zero-order chi connectivity index (χ0) is 19.0. The molecule has 0 fully saturated rings. The van der Waals surface area contributed by atoms with Gasteiger partial charge in [0.05, 0.1) is 5.39 Å². The van der Waals surface area contributed by atoms with Crippen molar-refractivity contribution >= 4 is 34.3 Å². The van der Waals surface area contributed by atoms with Crippen molar-refractivity contribution in [1.82, 2.24) is 0 Å². The van der Waals surface area contributed by atoms with Crippen molar-refractivity contribution in [2.24, 2.45) is 0 Å². The zero-order valence-corrected chi connectivity index (χ0v) is 14.4. The van der Waals surface area contributed by atoms with Gasteiger partial charge in [-0.15, -0.1) is 0 Å². The summed E-state index contributed by atoms with van der Waals surface area (Å²) in [5, 5.41) is 0.620. The van der Waals surface area contributed by atoms with Crippen LogP contribution in [-0.4, -0.2) is 25.2 Å². The van der Waals surface area contributed by atoms with E-state index in [9.17, 15) is 14.4 Å². The van der Waals surface area contributed by atoms with Crippen molar-refractivity contribution in [1.29, 1.82) is 0 Å². The van der Waals surface area contributed by atoms with Gasteiger partial charge in [0.1, 0.15) is 5.58 Å². The molecule has 2 aromatic carbocycles. The smallest absolute Gasteiger partial charge is 0.374 e. The van der Waals surface area contributed by atoms with Gasteiger partial charge in [-0.05, 0) is 36.4 Å². The second-order valence-corrected chi connectivity index (χ2v) is 6.12. The van der Waals surface area contributed by atoms with Crippen LogP contribution in [0.15, 0.2) is 51.7 Å². The highest BCUT2D eigenvalue weighted by Crippen LogP contribution is 2.32. The molecule has 0 saturated heterocycles. The lowest BCUT2D eigenvalue weighted by atomic mass is 10.1. The van der Waals surface area contributed by atoms with E-state index in [0.29, 0.717) is 22.1 Å². The predicted molar refractivity (Wildman–Crippen MR) is 94.7 cm³/mol. The standard InChI is InChI=1S/C19H11ClO7/c20-11-2-4-15-12(6-11)13(21)7-18(27-15)19(23)24-8-14(22)10-1-3-16-17(5-10)26-9-25-16/h1-7H,8-9H2. The molecule has 0 unspecified atom stereocenters. The van der Waals surface area contributed by atoms with E-state index in [1.807, 2.05) is 0 Å². The Morgan fingerprint density at radius 3 is 2.70 bits per heavy atom. The molecule has 0 atom stereocenters. The van der Waals surface area contributed by atoms with E-state index in [1.165, 1.54) is 24.3 Å². The molecule has 27 heavy (non-hydrogen) atoms. The number of rotatable bonds is 4. The van der Waals surface area contributed by atoms with Crippen molar-refractivity contribution < 1.29 is 28.2 Å². The molecule has 0 saturated carbocycles. The van der Waals surface area contributed by atoms with Gasteiger partial charge in [-0.25, -0.2) is 4.79 Å². The molecule has 7 nitrogen and oxygen atoms in total. The number of fused-ring (bicyclic) bond motifs is 2. The molecule has 0 N–H and O–H groups in total. The van der Waals surface area contributed by atoms with Crippen molar-refractivity contribution in [3.8, 4) is 11.5 Å². The molecule has 1 aliphatic rings. The number of esters is 1. The minimum Gasteiger partial charge on any atom is -0.454 e. The monoisotopic (exact) mass is 386 g/mol. The summed E-state index contributed by atoms with van der Waals surface area (Å²) in [6.07, 6.45) is 0. The minimum atomic E-state index is -0.918. The molecule has 2 heterocycles. The van der Waals surface area contributed by atoms with Crippen LogP contribution in [0.3, 0.4) is 0 Å². The van der Waals surface area contributed by atoms with Gasteiger partial charge >= 0.3 is 5.97 Å². The molecule has 136 valence electrons. The lowest BCUT2D eigenvalue weighted by Gasteiger charge is -2.05. The second-order valence-electron chi connectivity index (χ2n) is 5.68. The first kappa shape index (κ1) is 17.1. The first-order chi connectivity index (χ1) is 13.0. The molecule has 0 spiro atoms. The molecule has 4 rings (SSSR count). The Morgan fingerprint density at radius 1 is 1.04 bits per heavy atom. The molecule has 1 aromatic heterocycles. The summed E-state index contributed by atoms with van der Waals surface area (Å²) in [5.41, 5.74) is 0.0652. The summed E-state index contributed by atoms with van der Waals surface area (Å²) in [5.74, 6) is -0.657. The molecule has 0 amide bonds. The maximum absolute atomic E-state index is 12.2. The summed E-state index contributed by atoms with van der Waals surface area (Å²) in [6, 6.07) is 10.1. The number of benzene rings is 2. The van der Waals surface area contributed by atoms with Crippen LogP contribution in [0.25, 0.3) is 11.0 Å². The fourth-order valence-electron chi connectivity index (χ4n) is 2.58. The second kappa shape index (κ2) is 6.77. The summed E-state index contributed by atoms with van der Waals surface area (Å²) >= 11 is 5.84. The lowest BCUT2D eigenvalue weighted by Crippen LogP contribution is -2.16. The Bertz CT molecular complexity index is 1130. The van der Waals surface area contributed by atoms with Gasteiger partial charge in [0.25, 0.3) is 0 Å². The Labute approximate surface area is 157 Å². The molecule has 0 bridgehead atoms. The summed E-state index contributed by atoms with van der Waals surface area (Å²) in [7, 11) is 0. The van der Waals surface area contributed by atoms with Crippen LogP contribution in [0.2, 0.25) is 5.02 Å². The SMILES string of the molecule is O=C(COC(=O)c1cc(=O)c2cc(Cl)ccc2o1)c1ccc2c(c1)OCO2. The van der Waals surface area contributed by atoms with E-state index in [1.54, 1.807) is 12.1 Å². The molecule has 3 aromatic rings. The van der Waals surface area contributed by atoms with Gasteiger partial charge in [-0.3, -0.25) is 9.59 Å². The van der Waals surface area contributed by atoms with Gasteiger partial charge in [-0.1, -0.05) is 11.6 Å². The highest BCUT2D eigenvalue weighted by atomic mass is 35.5. The third kappa shape index (κ3) is 3.37. The highest BCUT2D eigenvalue weighted by Gasteiger charge is 2.19. The van der Waals surface area contributed by atoms with E-state index >= 15 is 0 Å². The Hall–Kier alpha value is -3.32. The zero-order valence-electron chi connectivity index (χ0n) is 13.7. The molecular weight excluding hydrogens is 376 g/mol. The number of halogens is 1. The summed E-state index contributed by atoms with van der Waals surface area (Å²) in [6.45, 7) is -0.422. The van der Waals surface area contributed by atoms with Gasteiger partial charge < -0.3 is 18.6 Å². The Balaban J connectivity index is 1.49. The summed E-state index contributed by atoms with van der Waals surface area (Å²) in [4.78, 5) is 36.5. The minimum absolute atomic E-state index is 0.0914. The van der Waals surface area contributed by atoms with Gasteiger partial charge in [-0.2, -0.15) is 0 Å². The first-order valence-corrected chi connectivity index (χ1v) is 8.22. The third-order valence-electron chi connectivity index (χ3n) is 3.92. The maximum atomic E-state index is 12.2. The van der Waals surface area contributed by atoms with Crippen LogP contribution in [0.5, 0.6) is 11.5 Å². The van der Waals surface area contributed by atoms with Crippen LogP contribution >= 0.6 is 11.6 Å². The van der Waals surface area contributed by atoms with E-state index in [2.05, 4.69) is 0 Å². The van der Waals surface area contributed by atoms with Crippen molar-refractivity contribution in [2.75, 3.05) is 13.4 Å². The third-order valence-corrected chi connectivity index (χ3v) is 4.15. The molecule has 0 aliphatic carbocycles. The van der Waals surface area contributed by atoms with Gasteiger partial charge in [0.15, 0.2) is 29.3 Å². The van der Waals surface area contributed by atoms with E-state index < -0.39 is 23.8 Å². The van der Waals surface area contributed by atoms with Crippen LogP contribution in [0, 0.1) is 0 Å². The fourth-order valence-corrected chi connectivity index (χ4v) is 2.76. The molecule has 0 radical (unpaired) electrons. The van der Waals surface area contributed by atoms with Crippen LogP contribution < -0.4 is 14.9 Å². The number of ketones is 1. The van der Waals surface area contributed by atoms with Crippen molar-refractivity contribution in [3.05, 3.63) is 69.0 Å². The molecule has 1 aliphatic heterocycles. The number of carbonyl (C=O) groups excluding carboxylic acids is 2. The molecule has 8 heteroatoms. The number of Topliss-reactive ketones (excluding diaryl/α,β-unsaturated/α-hetero) is 1. The average molecular weight is 387 g/mol. The first-order valence-electron chi connectivity index (χ1n) is 7.84. The molecular formula is C19H11ClO7.